The molecule has 0 aliphatic carbocycles. The number of aromatic nitrogens is 1. The quantitative estimate of drug-likeness (QED) is 0.836. The summed E-state index contributed by atoms with van der Waals surface area (Å²) in [5.74, 6) is 0. The third-order valence-electron chi connectivity index (χ3n) is 5.24. The fraction of sp³-hybridized carbons (Fsp3) is 0.562. The Balaban J connectivity index is 1.56. The highest BCUT2D eigenvalue weighted by molar-refractivity contribution is 7.16. The standard InChI is InChI=1S/C16H22N4S/c1-20-11-3-2-4-12(20)8-10(7-11)19-13-5-6-14-16(15(13)17)18-9-21-14/h5-6,9-12,19H,2-4,7-8,17H2,1H3. The minimum Gasteiger partial charge on any atom is -0.395 e. The summed E-state index contributed by atoms with van der Waals surface area (Å²) in [7, 11) is 2.29. The third-order valence-corrected chi connectivity index (χ3v) is 6.04. The maximum atomic E-state index is 6.29. The van der Waals surface area contributed by atoms with Crippen molar-refractivity contribution < 1.29 is 0 Å². The van der Waals surface area contributed by atoms with Gasteiger partial charge in [-0.05, 0) is 44.9 Å². The van der Waals surface area contributed by atoms with Gasteiger partial charge in [-0.3, -0.25) is 0 Å². The fourth-order valence-corrected chi connectivity index (χ4v) is 4.72. The first-order chi connectivity index (χ1) is 10.2. The lowest BCUT2D eigenvalue weighted by atomic mass is 9.82. The molecule has 2 aliphatic rings. The van der Waals surface area contributed by atoms with Gasteiger partial charge < -0.3 is 16.0 Å². The molecule has 4 nitrogen and oxygen atoms in total. The Morgan fingerprint density at radius 2 is 2.05 bits per heavy atom. The number of rotatable bonds is 2. The first kappa shape index (κ1) is 13.3. The van der Waals surface area contributed by atoms with E-state index in [0.29, 0.717) is 6.04 Å². The minimum atomic E-state index is 0.537. The van der Waals surface area contributed by atoms with Gasteiger partial charge in [-0.1, -0.05) is 6.42 Å². The lowest BCUT2D eigenvalue weighted by Gasteiger charge is -2.47. The normalized spacial score (nSPS) is 29.7. The molecular weight excluding hydrogens is 280 g/mol. The molecule has 2 bridgehead atoms. The number of anilines is 2. The summed E-state index contributed by atoms with van der Waals surface area (Å²) < 4.78 is 1.17. The van der Waals surface area contributed by atoms with E-state index in [2.05, 4.69) is 34.4 Å². The number of nitrogens with one attached hydrogen (secondary N) is 1. The number of benzene rings is 1. The number of hydrogen-bond donors (Lipinski definition) is 2. The highest BCUT2D eigenvalue weighted by Crippen LogP contribution is 2.36. The van der Waals surface area contributed by atoms with Crippen LogP contribution in [-0.4, -0.2) is 35.1 Å². The molecule has 1 aromatic heterocycles. The topological polar surface area (TPSA) is 54.2 Å². The Bertz CT molecular complexity index is 639. The van der Waals surface area contributed by atoms with E-state index in [4.69, 9.17) is 5.73 Å². The molecule has 2 atom stereocenters. The van der Waals surface area contributed by atoms with Crippen molar-refractivity contribution in [3.8, 4) is 0 Å². The summed E-state index contributed by atoms with van der Waals surface area (Å²) in [4.78, 5) is 6.98. The zero-order valence-electron chi connectivity index (χ0n) is 12.4. The predicted molar refractivity (Wildman–Crippen MR) is 89.9 cm³/mol. The SMILES string of the molecule is CN1C2CCCC1CC(Nc1ccc3scnc3c1N)C2. The van der Waals surface area contributed by atoms with Gasteiger partial charge in [-0.15, -0.1) is 11.3 Å². The van der Waals surface area contributed by atoms with Crippen molar-refractivity contribution in [2.45, 2.75) is 50.2 Å². The lowest BCUT2D eigenvalue weighted by molar-refractivity contribution is 0.0608. The molecule has 4 rings (SSSR count). The van der Waals surface area contributed by atoms with Crippen LogP contribution in [0.1, 0.15) is 32.1 Å². The number of thiazole rings is 1. The predicted octanol–water partition coefficient (Wildman–Crippen LogP) is 3.31. The molecule has 0 radical (unpaired) electrons. The Morgan fingerprint density at radius 1 is 1.29 bits per heavy atom. The molecule has 2 fully saturated rings. The molecule has 1 aromatic carbocycles. The van der Waals surface area contributed by atoms with Crippen LogP contribution in [-0.2, 0) is 0 Å². The molecule has 112 valence electrons. The van der Waals surface area contributed by atoms with E-state index in [1.807, 2.05) is 5.51 Å². The Hall–Kier alpha value is -1.33. The number of hydrogen-bond acceptors (Lipinski definition) is 5. The van der Waals surface area contributed by atoms with Gasteiger partial charge in [0.15, 0.2) is 0 Å². The second-order valence-electron chi connectivity index (χ2n) is 6.44. The van der Waals surface area contributed by atoms with Gasteiger partial charge >= 0.3 is 0 Å². The van der Waals surface area contributed by atoms with E-state index in [1.54, 1.807) is 11.3 Å². The minimum absolute atomic E-state index is 0.537. The van der Waals surface area contributed by atoms with Crippen molar-refractivity contribution in [3.63, 3.8) is 0 Å². The van der Waals surface area contributed by atoms with E-state index in [1.165, 1.54) is 36.8 Å². The van der Waals surface area contributed by atoms with E-state index >= 15 is 0 Å². The molecule has 21 heavy (non-hydrogen) atoms. The van der Waals surface area contributed by atoms with Crippen LogP contribution in [0.5, 0.6) is 0 Å². The molecular formula is C16H22N4S. The molecule has 3 N–H and O–H groups in total. The molecule has 3 heterocycles. The van der Waals surface area contributed by atoms with Gasteiger partial charge in [0.2, 0.25) is 0 Å². The number of nitrogens with zero attached hydrogens (tertiary/aromatic N) is 2. The second kappa shape index (κ2) is 5.14. The van der Waals surface area contributed by atoms with Gasteiger partial charge in [-0.2, -0.15) is 0 Å². The van der Waals surface area contributed by atoms with Gasteiger partial charge in [0.1, 0.15) is 5.52 Å². The van der Waals surface area contributed by atoms with Gasteiger partial charge in [0, 0.05) is 18.1 Å². The van der Waals surface area contributed by atoms with Crippen molar-refractivity contribution in [2.75, 3.05) is 18.1 Å². The van der Waals surface area contributed by atoms with Gasteiger partial charge in [0.05, 0.1) is 21.6 Å². The zero-order valence-corrected chi connectivity index (χ0v) is 13.2. The molecule has 2 unspecified atom stereocenters. The highest BCUT2D eigenvalue weighted by atomic mass is 32.1. The van der Waals surface area contributed by atoms with E-state index in [0.717, 1.165) is 29.0 Å². The number of nitrogen functional groups attached to an aromatic ring is 1. The maximum absolute atomic E-state index is 6.29. The monoisotopic (exact) mass is 302 g/mol. The summed E-state index contributed by atoms with van der Waals surface area (Å²) in [6.07, 6.45) is 6.51. The van der Waals surface area contributed by atoms with Crippen LogP contribution in [0.3, 0.4) is 0 Å². The molecule has 2 aromatic rings. The Kier molecular flexibility index (Phi) is 3.27. The summed E-state index contributed by atoms with van der Waals surface area (Å²) in [6.45, 7) is 0. The smallest absolute Gasteiger partial charge is 0.106 e. The zero-order chi connectivity index (χ0) is 14.4. The van der Waals surface area contributed by atoms with Crippen molar-refractivity contribution in [2.24, 2.45) is 0 Å². The van der Waals surface area contributed by atoms with Crippen molar-refractivity contribution >= 4 is 32.9 Å². The van der Waals surface area contributed by atoms with Gasteiger partial charge in [0.25, 0.3) is 0 Å². The number of nitrogens with two attached hydrogens (primary N) is 1. The van der Waals surface area contributed by atoms with Crippen LogP contribution < -0.4 is 11.1 Å². The van der Waals surface area contributed by atoms with Crippen LogP contribution in [0, 0.1) is 0 Å². The Morgan fingerprint density at radius 3 is 2.81 bits per heavy atom. The van der Waals surface area contributed by atoms with Crippen LogP contribution in [0.15, 0.2) is 17.6 Å². The molecule has 2 saturated heterocycles. The van der Waals surface area contributed by atoms with Crippen molar-refractivity contribution in [1.82, 2.24) is 9.88 Å². The van der Waals surface area contributed by atoms with E-state index in [-0.39, 0.29) is 0 Å². The van der Waals surface area contributed by atoms with Crippen LogP contribution >= 0.6 is 11.3 Å². The molecule has 5 heteroatoms. The summed E-state index contributed by atoms with van der Waals surface area (Å²) >= 11 is 1.64. The molecule has 0 amide bonds. The van der Waals surface area contributed by atoms with Gasteiger partial charge in [-0.25, -0.2) is 4.98 Å². The molecule has 2 aliphatic heterocycles. The Labute approximate surface area is 129 Å². The third kappa shape index (κ3) is 2.28. The largest absolute Gasteiger partial charge is 0.395 e. The molecule has 0 spiro atoms. The lowest BCUT2D eigenvalue weighted by Crippen LogP contribution is -2.52. The fourth-order valence-electron chi connectivity index (χ4n) is 4.03. The van der Waals surface area contributed by atoms with Crippen LogP contribution in [0.4, 0.5) is 11.4 Å². The summed E-state index contributed by atoms with van der Waals surface area (Å²) in [6, 6.07) is 6.25. The van der Waals surface area contributed by atoms with Crippen molar-refractivity contribution in [3.05, 3.63) is 17.6 Å². The molecule has 0 saturated carbocycles. The van der Waals surface area contributed by atoms with E-state index in [9.17, 15) is 0 Å². The van der Waals surface area contributed by atoms with Crippen LogP contribution in [0.25, 0.3) is 10.2 Å². The summed E-state index contributed by atoms with van der Waals surface area (Å²) in [5, 5.41) is 3.69. The first-order valence-corrected chi connectivity index (χ1v) is 8.70. The number of fused-ring (bicyclic) bond motifs is 3. The van der Waals surface area contributed by atoms with Crippen LogP contribution in [0.2, 0.25) is 0 Å². The second-order valence-corrected chi connectivity index (χ2v) is 7.33. The maximum Gasteiger partial charge on any atom is 0.106 e. The number of piperidine rings is 2. The average Bonchev–Trinajstić information content (AvgIpc) is 2.92. The highest BCUT2D eigenvalue weighted by Gasteiger charge is 2.36. The first-order valence-electron chi connectivity index (χ1n) is 7.82. The summed E-state index contributed by atoms with van der Waals surface area (Å²) in [5.41, 5.74) is 11.0. The van der Waals surface area contributed by atoms with E-state index < -0.39 is 0 Å². The average molecular weight is 302 g/mol. The van der Waals surface area contributed by atoms with Crippen molar-refractivity contribution in [1.29, 1.82) is 0 Å².